The summed E-state index contributed by atoms with van der Waals surface area (Å²) < 4.78 is 12.9. The van der Waals surface area contributed by atoms with E-state index in [0.717, 1.165) is 48.8 Å². The lowest BCUT2D eigenvalue weighted by Crippen LogP contribution is -2.65. The van der Waals surface area contributed by atoms with Crippen LogP contribution >= 0.6 is 0 Å². The Hall–Kier alpha value is -4.02. The number of aliphatic hydroxyl groups is 1. The molecular formula is C46H72BN7O7. The number of urea groups is 1. The molecule has 9 N–H and O–H groups in total. The maximum Gasteiger partial charge on any atom is 0.481 e. The molecule has 3 saturated carbocycles. The number of nitrogens with one attached hydrogen (secondary N) is 4. The fourth-order valence-corrected chi connectivity index (χ4v) is 9.37. The van der Waals surface area contributed by atoms with Gasteiger partial charge >= 0.3 is 13.1 Å². The smallest absolute Gasteiger partial charge is 0.404 e. The van der Waals surface area contributed by atoms with Crippen LogP contribution in [0.1, 0.15) is 111 Å². The van der Waals surface area contributed by atoms with Crippen LogP contribution in [0.4, 0.5) is 4.79 Å². The third kappa shape index (κ3) is 11.7. The normalized spacial score (nSPS) is 23.6. The second-order valence-corrected chi connectivity index (χ2v) is 18.4. The summed E-state index contributed by atoms with van der Waals surface area (Å²) in [4.78, 5) is 56.1. The van der Waals surface area contributed by atoms with E-state index in [2.05, 4.69) is 73.2 Å². The van der Waals surface area contributed by atoms with Gasteiger partial charge in [0.1, 0.15) is 18.1 Å². The summed E-state index contributed by atoms with van der Waals surface area (Å²) >= 11 is 0. The number of benzene rings is 2. The zero-order valence-electron chi connectivity index (χ0n) is 37.5. The third-order valence-corrected chi connectivity index (χ3v) is 13.5. The molecule has 9 unspecified atom stereocenters. The van der Waals surface area contributed by atoms with Gasteiger partial charge in [-0.3, -0.25) is 14.4 Å². The van der Waals surface area contributed by atoms with Crippen molar-refractivity contribution in [3.63, 3.8) is 0 Å². The quantitative estimate of drug-likeness (QED) is 0.0669. The van der Waals surface area contributed by atoms with Gasteiger partial charge in [-0.25, -0.2) is 4.79 Å². The first-order valence-electron chi connectivity index (χ1n) is 22.6. The minimum Gasteiger partial charge on any atom is -0.404 e. The van der Waals surface area contributed by atoms with Gasteiger partial charge < -0.3 is 52.0 Å². The van der Waals surface area contributed by atoms with Crippen molar-refractivity contribution in [2.75, 3.05) is 19.6 Å². The minimum atomic E-state index is -1.37. The van der Waals surface area contributed by atoms with Crippen LogP contribution in [0.25, 0.3) is 11.1 Å². The van der Waals surface area contributed by atoms with E-state index in [0.29, 0.717) is 57.2 Å². The Kier molecular flexibility index (Phi) is 16.8. The standard InChI is InChI=1S/C46H72BN7O7/c1-8-9-13-32-15-19-34(20-16-32)35-21-17-33(18-22-35)28-54(25-12-24-49)44(59)53-40(30(3)55)43(58)50-29(2)41(56)52-37(14-10-11-23-48)42(57)51-31(4)47-60-39-27-36-26-38(45(36,5)6)46(39,7)61-47/h15-22,29-31,36-40,55H,8-14,23-28,48-49H2,1-7H3,(H,50,58)(H,51,57)(H,52,56)(H,53,59). The van der Waals surface area contributed by atoms with E-state index in [1.54, 1.807) is 4.90 Å². The SMILES string of the molecule is CCCCc1ccc(-c2ccc(CN(CCCN)C(=O)NC(C(=O)NC(C)C(=O)NC(CCCCN)C(=O)NC(C)B3OC4CC5CC(C5(C)C)C4(C)O3)C(C)O)cc2)cc1. The number of aryl methyl sites for hydroxylation is 1. The number of amides is 5. The van der Waals surface area contributed by atoms with Gasteiger partial charge in [-0.1, -0.05) is 75.7 Å². The van der Waals surface area contributed by atoms with Gasteiger partial charge in [0.2, 0.25) is 17.7 Å². The first-order chi connectivity index (χ1) is 29.0. The molecule has 61 heavy (non-hydrogen) atoms. The van der Waals surface area contributed by atoms with Gasteiger partial charge in [0.15, 0.2) is 0 Å². The number of nitrogens with two attached hydrogens (primary N) is 2. The van der Waals surface area contributed by atoms with Gasteiger partial charge in [-0.15, -0.1) is 0 Å². The van der Waals surface area contributed by atoms with Crippen molar-refractivity contribution < 1.29 is 33.6 Å². The van der Waals surface area contributed by atoms with Crippen LogP contribution in [0.5, 0.6) is 0 Å². The Morgan fingerprint density at radius 3 is 2.05 bits per heavy atom. The molecule has 0 radical (unpaired) electrons. The molecule has 4 aliphatic rings. The number of carbonyl (C=O) groups excluding carboxylic acids is 4. The summed E-state index contributed by atoms with van der Waals surface area (Å²) in [5.41, 5.74) is 15.7. The summed E-state index contributed by atoms with van der Waals surface area (Å²) in [5.74, 6) is -1.27. The molecule has 0 aromatic heterocycles. The lowest BCUT2D eigenvalue weighted by molar-refractivity contribution is -0.199. The number of nitrogens with zero attached hydrogens (tertiary/aromatic N) is 1. The molecule has 2 bridgehead atoms. The van der Waals surface area contributed by atoms with Crippen molar-refractivity contribution in [3.8, 4) is 11.1 Å². The number of rotatable bonds is 22. The van der Waals surface area contributed by atoms with Crippen molar-refractivity contribution in [1.82, 2.24) is 26.2 Å². The van der Waals surface area contributed by atoms with E-state index in [1.165, 1.54) is 19.4 Å². The molecule has 1 aliphatic heterocycles. The number of carbonyl (C=O) groups is 4. The summed E-state index contributed by atoms with van der Waals surface area (Å²) in [6, 6.07) is 12.6. The largest absolute Gasteiger partial charge is 0.481 e. The van der Waals surface area contributed by atoms with Crippen molar-refractivity contribution in [2.24, 2.45) is 28.7 Å². The Balaban J connectivity index is 1.16. The van der Waals surface area contributed by atoms with Crippen LogP contribution in [-0.2, 0) is 36.7 Å². The summed E-state index contributed by atoms with van der Waals surface area (Å²) in [6.07, 6.45) is 6.19. The van der Waals surface area contributed by atoms with Crippen molar-refractivity contribution >= 4 is 30.9 Å². The average molecular weight is 846 g/mol. The second kappa shape index (κ2) is 21.4. The van der Waals surface area contributed by atoms with E-state index < -0.39 is 66.6 Å². The Bertz CT molecular complexity index is 1780. The highest BCUT2D eigenvalue weighted by molar-refractivity contribution is 6.47. The minimum absolute atomic E-state index is 0.0380. The molecule has 6 rings (SSSR count). The Morgan fingerprint density at radius 2 is 1.46 bits per heavy atom. The molecule has 0 spiro atoms. The van der Waals surface area contributed by atoms with Gasteiger partial charge in [0.05, 0.1) is 23.8 Å². The van der Waals surface area contributed by atoms with Gasteiger partial charge in [-0.2, -0.15) is 0 Å². The van der Waals surface area contributed by atoms with E-state index in [4.69, 9.17) is 20.8 Å². The zero-order chi connectivity index (χ0) is 44.5. The highest BCUT2D eigenvalue weighted by Gasteiger charge is 2.68. The topological polar surface area (TPSA) is 210 Å². The Labute approximate surface area is 363 Å². The molecule has 1 heterocycles. The number of unbranched alkanes of at least 4 members (excludes halogenated alkanes) is 2. The van der Waals surface area contributed by atoms with E-state index in [1.807, 2.05) is 31.2 Å². The van der Waals surface area contributed by atoms with Crippen LogP contribution in [0.3, 0.4) is 0 Å². The van der Waals surface area contributed by atoms with Crippen LogP contribution in [0.15, 0.2) is 48.5 Å². The van der Waals surface area contributed by atoms with E-state index >= 15 is 0 Å². The van der Waals surface area contributed by atoms with Crippen LogP contribution in [0.2, 0.25) is 0 Å². The average Bonchev–Trinajstić information content (AvgIpc) is 3.61. The van der Waals surface area contributed by atoms with Crippen LogP contribution < -0.4 is 32.7 Å². The van der Waals surface area contributed by atoms with Crippen molar-refractivity contribution in [2.45, 2.75) is 155 Å². The molecule has 336 valence electrons. The molecule has 15 heteroatoms. The van der Waals surface area contributed by atoms with E-state index in [-0.39, 0.29) is 18.1 Å². The third-order valence-electron chi connectivity index (χ3n) is 13.5. The molecular weight excluding hydrogens is 773 g/mol. The monoisotopic (exact) mass is 846 g/mol. The molecule has 1 saturated heterocycles. The molecule has 2 aromatic carbocycles. The molecule has 14 nitrogen and oxygen atoms in total. The lowest BCUT2D eigenvalue weighted by atomic mass is 9.43. The first-order valence-corrected chi connectivity index (χ1v) is 22.6. The molecule has 9 atom stereocenters. The second-order valence-electron chi connectivity index (χ2n) is 18.4. The summed E-state index contributed by atoms with van der Waals surface area (Å²) in [5, 5.41) is 21.8. The molecule has 3 aliphatic carbocycles. The molecule has 4 fully saturated rings. The van der Waals surface area contributed by atoms with E-state index in [9.17, 15) is 24.3 Å². The number of aliphatic hydroxyl groups excluding tert-OH is 1. The number of hydrogen-bond donors (Lipinski definition) is 7. The highest BCUT2D eigenvalue weighted by Crippen LogP contribution is 2.65. The predicted octanol–water partition coefficient (Wildman–Crippen LogP) is 4.20. The van der Waals surface area contributed by atoms with Gasteiger partial charge in [-0.05, 0) is 132 Å². The van der Waals surface area contributed by atoms with Gasteiger partial charge in [0.25, 0.3) is 0 Å². The van der Waals surface area contributed by atoms with Gasteiger partial charge in [0, 0.05) is 13.1 Å². The summed E-state index contributed by atoms with van der Waals surface area (Å²) in [7, 11) is -0.629. The Morgan fingerprint density at radius 1 is 0.820 bits per heavy atom. The fraction of sp³-hybridized carbons (Fsp3) is 0.652. The number of hydrogen-bond acceptors (Lipinski definition) is 9. The van der Waals surface area contributed by atoms with Crippen molar-refractivity contribution in [1.29, 1.82) is 0 Å². The fourth-order valence-electron chi connectivity index (χ4n) is 9.37. The van der Waals surface area contributed by atoms with Crippen LogP contribution in [-0.4, -0.2) is 102 Å². The predicted molar refractivity (Wildman–Crippen MR) is 239 cm³/mol. The maximum atomic E-state index is 13.7. The van der Waals surface area contributed by atoms with Crippen LogP contribution in [0, 0.1) is 17.3 Å². The summed E-state index contributed by atoms with van der Waals surface area (Å²) in [6.45, 7) is 15.0. The zero-order valence-corrected chi connectivity index (χ0v) is 37.5. The highest BCUT2D eigenvalue weighted by atomic mass is 16.7. The molecule has 2 aromatic rings. The first kappa shape index (κ1) is 48.0. The van der Waals surface area contributed by atoms with Crippen molar-refractivity contribution in [3.05, 3.63) is 59.7 Å². The maximum absolute atomic E-state index is 13.7. The lowest BCUT2D eigenvalue weighted by Gasteiger charge is -2.64. The molecule has 5 amide bonds.